The van der Waals surface area contributed by atoms with Crippen LogP contribution < -0.4 is 10.2 Å². The van der Waals surface area contributed by atoms with Gasteiger partial charge in [-0.25, -0.2) is 4.90 Å². The topological polar surface area (TPSA) is 75.7 Å². The average molecular weight is 366 g/mol. The number of anilines is 1. The van der Waals surface area contributed by atoms with Crippen LogP contribution in [-0.2, 0) is 19.1 Å². The van der Waals surface area contributed by atoms with Gasteiger partial charge in [-0.2, -0.15) is 13.2 Å². The Labute approximate surface area is 145 Å². The fraction of sp³-hybridized carbons (Fsp3) is 0.353. The van der Waals surface area contributed by atoms with Crippen LogP contribution in [0.25, 0.3) is 0 Å². The lowest BCUT2D eigenvalue weighted by Gasteiger charge is -2.29. The first-order chi connectivity index (χ1) is 12.2. The third-order valence-electron chi connectivity index (χ3n) is 4.95. The molecular weight excluding hydrogens is 353 g/mol. The molecule has 26 heavy (non-hydrogen) atoms. The Morgan fingerprint density at radius 1 is 1.19 bits per heavy atom. The standard InChI is InChI=1S/C17H13F3N2O4/c18-17(19,20)15(25)21-8-16-7-6-10(26-16)11-12(16)14(24)22(13(11)23)9-4-2-1-3-5-9/h1-7,10-12H,8H2,(H,21,25)/t10-,11-,12+,16+/m1/s1. The molecule has 3 amide bonds. The summed E-state index contributed by atoms with van der Waals surface area (Å²) in [5.74, 6) is -4.90. The van der Waals surface area contributed by atoms with E-state index in [1.165, 1.54) is 6.08 Å². The molecule has 2 bridgehead atoms. The highest BCUT2D eigenvalue weighted by Gasteiger charge is 2.68. The van der Waals surface area contributed by atoms with Gasteiger partial charge >= 0.3 is 12.1 Å². The van der Waals surface area contributed by atoms with Crippen molar-refractivity contribution in [1.82, 2.24) is 5.32 Å². The number of imide groups is 1. The van der Waals surface area contributed by atoms with Gasteiger partial charge in [0.2, 0.25) is 11.8 Å². The third kappa shape index (κ3) is 2.27. The van der Waals surface area contributed by atoms with Crippen LogP contribution >= 0.6 is 0 Å². The summed E-state index contributed by atoms with van der Waals surface area (Å²) in [4.78, 5) is 37.8. The minimum Gasteiger partial charge on any atom is -0.360 e. The lowest BCUT2D eigenvalue weighted by molar-refractivity contribution is -0.174. The van der Waals surface area contributed by atoms with Crippen molar-refractivity contribution in [2.45, 2.75) is 17.9 Å². The van der Waals surface area contributed by atoms with Gasteiger partial charge in [-0.1, -0.05) is 30.4 Å². The number of carbonyl (C=O) groups excluding carboxylic acids is 3. The SMILES string of the molecule is O=C1[C@H]2[C@@H](C(=O)N1c1ccccc1)[C@@]1(CNC(=O)C(F)(F)F)C=C[C@H]2O1. The molecule has 1 aromatic rings. The van der Waals surface area contributed by atoms with Crippen LogP contribution in [0, 0.1) is 11.8 Å². The molecule has 136 valence electrons. The molecule has 0 saturated carbocycles. The Hall–Kier alpha value is -2.68. The molecule has 4 rings (SSSR count). The predicted molar refractivity (Wildman–Crippen MR) is 81.7 cm³/mol. The van der Waals surface area contributed by atoms with Crippen molar-refractivity contribution < 1.29 is 32.3 Å². The number of rotatable bonds is 3. The third-order valence-corrected chi connectivity index (χ3v) is 4.95. The maximum Gasteiger partial charge on any atom is 0.471 e. The number of benzene rings is 1. The number of hydrogen-bond acceptors (Lipinski definition) is 4. The molecule has 1 aromatic carbocycles. The van der Waals surface area contributed by atoms with Crippen molar-refractivity contribution in [3.8, 4) is 0 Å². The van der Waals surface area contributed by atoms with Gasteiger partial charge in [-0.3, -0.25) is 14.4 Å². The molecule has 4 atom stereocenters. The minimum atomic E-state index is -5.04. The number of alkyl halides is 3. The molecule has 0 aromatic heterocycles. The second-order valence-corrected chi connectivity index (χ2v) is 6.43. The number of para-hydroxylation sites is 1. The summed E-state index contributed by atoms with van der Waals surface area (Å²) in [5.41, 5.74) is -1.06. The molecule has 3 aliphatic rings. The van der Waals surface area contributed by atoms with Crippen molar-refractivity contribution in [3.63, 3.8) is 0 Å². The zero-order valence-corrected chi connectivity index (χ0v) is 13.2. The Morgan fingerprint density at radius 3 is 2.54 bits per heavy atom. The number of amides is 3. The molecule has 6 nitrogen and oxygen atoms in total. The maximum atomic E-state index is 12.9. The van der Waals surface area contributed by atoms with E-state index >= 15 is 0 Å². The molecule has 1 N–H and O–H groups in total. The van der Waals surface area contributed by atoms with Crippen LogP contribution in [0.5, 0.6) is 0 Å². The summed E-state index contributed by atoms with van der Waals surface area (Å²) in [6.07, 6.45) is -2.72. The Kier molecular flexibility index (Phi) is 3.49. The molecular formula is C17H13F3N2O4. The molecule has 2 fully saturated rings. The van der Waals surface area contributed by atoms with Crippen LogP contribution in [0.15, 0.2) is 42.5 Å². The molecule has 2 saturated heterocycles. The molecule has 0 unspecified atom stereocenters. The summed E-state index contributed by atoms with van der Waals surface area (Å²) in [5, 5.41) is 1.76. The summed E-state index contributed by atoms with van der Waals surface area (Å²) in [6, 6.07) is 8.29. The second-order valence-electron chi connectivity index (χ2n) is 6.43. The molecule has 3 heterocycles. The van der Waals surface area contributed by atoms with Crippen molar-refractivity contribution in [3.05, 3.63) is 42.5 Å². The van der Waals surface area contributed by atoms with Gasteiger partial charge in [-0.15, -0.1) is 0 Å². The zero-order chi connectivity index (χ0) is 18.7. The molecule has 0 spiro atoms. The van der Waals surface area contributed by atoms with Gasteiger partial charge in [0.1, 0.15) is 5.60 Å². The first kappa shape index (κ1) is 16.8. The van der Waals surface area contributed by atoms with E-state index in [1.54, 1.807) is 41.7 Å². The fourth-order valence-electron chi connectivity index (χ4n) is 3.86. The molecule has 9 heteroatoms. The first-order valence-electron chi connectivity index (χ1n) is 7.90. The Balaban J connectivity index is 1.62. The lowest BCUT2D eigenvalue weighted by Crippen LogP contribution is -2.51. The van der Waals surface area contributed by atoms with Crippen molar-refractivity contribution >= 4 is 23.4 Å². The van der Waals surface area contributed by atoms with Crippen LogP contribution in [0.4, 0.5) is 18.9 Å². The normalized spacial score (nSPS) is 32.3. The van der Waals surface area contributed by atoms with Crippen LogP contribution in [-0.4, -0.2) is 42.1 Å². The smallest absolute Gasteiger partial charge is 0.360 e. The lowest BCUT2D eigenvalue weighted by atomic mass is 9.77. The van der Waals surface area contributed by atoms with Gasteiger partial charge in [0.05, 0.1) is 30.2 Å². The van der Waals surface area contributed by atoms with Gasteiger partial charge in [-0.05, 0) is 12.1 Å². The number of nitrogens with one attached hydrogen (secondary N) is 1. The van der Waals surface area contributed by atoms with E-state index in [9.17, 15) is 27.6 Å². The first-order valence-corrected chi connectivity index (χ1v) is 7.90. The van der Waals surface area contributed by atoms with E-state index in [2.05, 4.69) is 0 Å². The number of fused-ring (bicyclic) bond motifs is 5. The summed E-state index contributed by atoms with van der Waals surface area (Å²) >= 11 is 0. The fourth-order valence-corrected chi connectivity index (χ4v) is 3.86. The van der Waals surface area contributed by atoms with E-state index in [-0.39, 0.29) is 0 Å². The number of hydrogen-bond donors (Lipinski definition) is 1. The second kappa shape index (κ2) is 5.41. The van der Waals surface area contributed by atoms with Crippen LogP contribution in [0.3, 0.4) is 0 Å². The highest BCUT2D eigenvalue weighted by Crippen LogP contribution is 2.52. The minimum absolute atomic E-state index is 0.394. The van der Waals surface area contributed by atoms with E-state index < -0.39 is 54.0 Å². The van der Waals surface area contributed by atoms with Crippen molar-refractivity contribution in [2.75, 3.05) is 11.4 Å². The van der Waals surface area contributed by atoms with E-state index in [0.717, 1.165) is 4.90 Å². The Bertz CT molecular complexity index is 823. The molecule has 3 aliphatic heterocycles. The summed E-state index contributed by atoms with van der Waals surface area (Å²) in [6.45, 7) is -0.541. The number of carbonyl (C=O) groups is 3. The Morgan fingerprint density at radius 2 is 1.88 bits per heavy atom. The van der Waals surface area contributed by atoms with E-state index in [1.807, 2.05) is 0 Å². The van der Waals surface area contributed by atoms with Gasteiger partial charge in [0, 0.05) is 0 Å². The quantitative estimate of drug-likeness (QED) is 0.644. The van der Waals surface area contributed by atoms with Crippen LogP contribution in [0.2, 0.25) is 0 Å². The van der Waals surface area contributed by atoms with Crippen LogP contribution in [0.1, 0.15) is 0 Å². The van der Waals surface area contributed by atoms with Gasteiger partial charge < -0.3 is 10.1 Å². The van der Waals surface area contributed by atoms with Gasteiger partial charge in [0.25, 0.3) is 0 Å². The van der Waals surface area contributed by atoms with E-state index in [4.69, 9.17) is 4.74 Å². The number of nitrogens with zero attached hydrogens (tertiary/aromatic N) is 1. The maximum absolute atomic E-state index is 12.9. The van der Waals surface area contributed by atoms with Crippen molar-refractivity contribution in [1.29, 1.82) is 0 Å². The zero-order valence-electron chi connectivity index (χ0n) is 13.2. The largest absolute Gasteiger partial charge is 0.471 e. The summed E-state index contributed by atoms with van der Waals surface area (Å²) in [7, 11) is 0. The molecule has 0 radical (unpaired) electrons. The van der Waals surface area contributed by atoms with Crippen molar-refractivity contribution in [2.24, 2.45) is 11.8 Å². The highest BCUT2D eigenvalue weighted by atomic mass is 19.4. The number of halogens is 3. The monoisotopic (exact) mass is 366 g/mol. The predicted octanol–water partition coefficient (Wildman–Crippen LogP) is 1.18. The van der Waals surface area contributed by atoms with Gasteiger partial charge in [0.15, 0.2) is 0 Å². The molecule has 0 aliphatic carbocycles. The van der Waals surface area contributed by atoms with E-state index in [0.29, 0.717) is 5.69 Å². The average Bonchev–Trinajstić information content (AvgIpc) is 3.23. The summed E-state index contributed by atoms with van der Waals surface area (Å²) < 4.78 is 43.0. The number of ether oxygens (including phenoxy) is 1. The highest BCUT2D eigenvalue weighted by molar-refractivity contribution is 6.23.